The van der Waals surface area contributed by atoms with Gasteiger partial charge in [-0.1, -0.05) is 25.1 Å². The van der Waals surface area contributed by atoms with E-state index in [2.05, 4.69) is 62.2 Å². The summed E-state index contributed by atoms with van der Waals surface area (Å²) in [7, 11) is 0. The fourth-order valence-corrected chi connectivity index (χ4v) is 4.15. The van der Waals surface area contributed by atoms with Crippen molar-refractivity contribution in [3.63, 3.8) is 0 Å². The Labute approximate surface area is 181 Å². The quantitative estimate of drug-likeness (QED) is 0.491. The highest BCUT2D eigenvalue weighted by atomic mass is 16.5. The molecule has 1 aliphatic rings. The van der Waals surface area contributed by atoms with Gasteiger partial charge in [-0.3, -0.25) is 0 Å². The highest BCUT2D eigenvalue weighted by Crippen LogP contribution is 2.30. The second-order valence-corrected chi connectivity index (χ2v) is 8.01. The van der Waals surface area contributed by atoms with Crippen LogP contribution >= 0.6 is 0 Å². The van der Waals surface area contributed by atoms with Crippen molar-refractivity contribution >= 4 is 27.8 Å². The van der Waals surface area contributed by atoms with Crippen LogP contribution in [0.4, 0.5) is 5.82 Å². The predicted molar refractivity (Wildman–Crippen MR) is 121 cm³/mol. The van der Waals surface area contributed by atoms with E-state index in [4.69, 9.17) is 9.72 Å². The molecule has 0 saturated carbocycles. The van der Waals surface area contributed by atoms with E-state index in [-0.39, 0.29) is 12.1 Å². The van der Waals surface area contributed by atoms with Crippen molar-refractivity contribution in [1.29, 1.82) is 0 Å². The zero-order valence-electron chi connectivity index (χ0n) is 17.9. The van der Waals surface area contributed by atoms with Gasteiger partial charge >= 0.3 is 0 Å². The van der Waals surface area contributed by atoms with Gasteiger partial charge in [0.1, 0.15) is 17.9 Å². The lowest BCUT2D eigenvalue weighted by atomic mass is 10.1. The molecule has 1 atom stereocenters. The molecule has 8 nitrogen and oxygen atoms in total. The van der Waals surface area contributed by atoms with Crippen molar-refractivity contribution in [2.45, 2.75) is 38.8 Å². The van der Waals surface area contributed by atoms with Crippen LogP contribution < -0.4 is 10.1 Å². The van der Waals surface area contributed by atoms with E-state index in [1.165, 1.54) is 6.33 Å². The Balaban J connectivity index is 1.43. The molecule has 0 radical (unpaired) electrons. The van der Waals surface area contributed by atoms with E-state index < -0.39 is 0 Å². The highest BCUT2D eigenvalue weighted by Gasteiger charge is 2.22. The third-order valence-electron chi connectivity index (χ3n) is 6.00. The molecule has 8 heteroatoms. The maximum absolute atomic E-state index is 6.45. The Morgan fingerprint density at radius 1 is 1.19 bits per heavy atom. The highest BCUT2D eigenvalue weighted by molar-refractivity contribution is 5.87. The molecule has 1 unspecified atom stereocenters. The molecule has 0 bridgehead atoms. The van der Waals surface area contributed by atoms with E-state index in [1.807, 2.05) is 12.1 Å². The summed E-state index contributed by atoms with van der Waals surface area (Å²) in [6, 6.07) is 10.3. The molecule has 2 N–H and O–H groups in total. The number of hydrogen-bond acceptors (Lipinski definition) is 7. The summed E-state index contributed by atoms with van der Waals surface area (Å²) >= 11 is 0. The summed E-state index contributed by atoms with van der Waals surface area (Å²) in [5, 5.41) is 5.61. The van der Waals surface area contributed by atoms with Crippen LogP contribution in [0.5, 0.6) is 5.88 Å². The summed E-state index contributed by atoms with van der Waals surface area (Å²) in [5.74, 6) is 1.40. The van der Waals surface area contributed by atoms with E-state index in [1.54, 1.807) is 6.33 Å². The van der Waals surface area contributed by atoms with Crippen molar-refractivity contribution in [3.8, 4) is 5.88 Å². The van der Waals surface area contributed by atoms with Crippen LogP contribution in [0.3, 0.4) is 0 Å². The van der Waals surface area contributed by atoms with Crippen molar-refractivity contribution in [1.82, 2.24) is 29.8 Å². The summed E-state index contributed by atoms with van der Waals surface area (Å²) < 4.78 is 6.45. The maximum atomic E-state index is 6.45. The SMILES string of the molecule is CCN1CCC(Oc2nc(C(C)Nc3ncnc4[nH]cnc34)cc3ccccc23)CC1. The molecular formula is C23H27N7O. The van der Waals surface area contributed by atoms with Crippen LogP contribution in [-0.4, -0.2) is 55.6 Å². The number of hydrogen-bond donors (Lipinski definition) is 2. The van der Waals surface area contributed by atoms with Gasteiger partial charge in [0.15, 0.2) is 11.5 Å². The first-order valence-corrected chi connectivity index (χ1v) is 10.9. The number of piperidine rings is 1. The lowest BCUT2D eigenvalue weighted by Gasteiger charge is -2.31. The Morgan fingerprint density at radius 2 is 2.03 bits per heavy atom. The molecule has 1 aromatic carbocycles. The second-order valence-electron chi connectivity index (χ2n) is 8.01. The summed E-state index contributed by atoms with van der Waals surface area (Å²) in [6.45, 7) is 7.52. The molecule has 1 aliphatic heterocycles. The van der Waals surface area contributed by atoms with Crippen molar-refractivity contribution < 1.29 is 4.74 Å². The third kappa shape index (κ3) is 4.03. The van der Waals surface area contributed by atoms with Gasteiger partial charge in [0, 0.05) is 18.5 Å². The average Bonchev–Trinajstić information content (AvgIpc) is 3.29. The molecule has 1 fully saturated rings. The zero-order chi connectivity index (χ0) is 21.2. The van der Waals surface area contributed by atoms with Crippen LogP contribution in [0.25, 0.3) is 21.9 Å². The number of pyridine rings is 1. The monoisotopic (exact) mass is 417 g/mol. The summed E-state index contributed by atoms with van der Waals surface area (Å²) in [6.07, 6.45) is 5.41. The van der Waals surface area contributed by atoms with Gasteiger partial charge in [0.25, 0.3) is 0 Å². The van der Waals surface area contributed by atoms with Crippen LogP contribution in [-0.2, 0) is 0 Å². The Morgan fingerprint density at radius 3 is 2.87 bits per heavy atom. The lowest BCUT2D eigenvalue weighted by molar-refractivity contribution is 0.101. The number of nitrogens with one attached hydrogen (secondary N) is 2. The van der Waals surface area contributed by atoms with Gasteiger partial charge in [-0.05, 0) is 43.8 Å². The number of H-pyrrole nitrogens is 1. The van der Waals surface area contributed by atoms with Gasteiger partial charge in [-0.15, -0.1) is 0 Å². The fourth-order valence-electron chi connectivity index (χ4n) is 4.15. The van der Waals surface area contributed by atoms with Gasteiger partial charge in [0.05, 0.1) is 18.1 Å². The smallest absolute Gasteiger partial charge is 0.221 e. The molecule has 3 aromatic heterocycles. The molecule has 31 heavy (non-hydrogen) atoms. The van der Waals surface area contributed by atoms with E-state index in [0.717, 1.165) is 48.9 Å². The van der Waals surface area contributed by atoms with Crippen LogP contribution in [0.2, 0.25) is 0 Å². The number of anilines is 1. The number of nitrogens with zero attached hydrogens (tertiary/aromatic N) is 5. The van der Waals surface area contributed by atoms with Gasteiger partial charge in [-0.2, -0.15) is 0 Å². The average molecular weight is 418 g/mol. The molecule has 4 heterocycles. The molecule has 0 amide bonds. The molecule has 160 valence electrons. The van der Waals surface area contributed by atoms with Gasteiger partial charge in [0.2, 0.25) is 5.88 Å². The minimum Gasteiger partial charge on any atom is -0.474 e. The van der Waals surface area contributed by atoms with Crippen LogP contribution in [0.1, 0.15) is 38.4 Å². The number of fused-ring (bicyclic) bond motifs is 2. The number of likely N-dealkylation sites (tertiary alicyclic amines) is 1. The van der Waals surface area contributed by atoms with Gasteiger partial charge in [-0.25, -0.2) is 19.9 Å². The number of imidazole rings is 1. The number of ether oxygens (including phenoxy) is 1. The van der Waals surface area contributed by atoms with E-state index in [0.29, 0.717) is 22.9 Å². The van der Waals surface area contributed by atoms with E-state index in [9.17, 15) is 0 Å². The Kier molecular flexibility index (Phi) is 5.38. The Bertz CT molecular complexity index is 1180. The predicted octanol–water partition coefficient (Wildman–Crippen LogP) is 3.94. The Hall–Kier alpha value is -3.26. The summed E-state index contributed by atoms with van der Waals surface area (Å²) in [5.41, 5.74) is 2.33. The normalized spacial score (nSPS) is 16.6. The first-order chi connectivity index (χ1) is 15.2. The topological polar surface area (TPSA) is 91.9 Å². The summed E-state index contributed by atoms with van der Waals surface area (Å²) in [4.78, 5) is 23.3. The zero-order valence-corrected chi connectivity index (χ0v) is 17.9. The molecule has 4 aromatic rings. The molecule has 0 spiro atoms. The first-order valence-electron chi connectivity index (χ1n) is 10.9. The number of aromatic amines is 1. The van der Waals surface area contributed by atoms with Crippen LogP contribution in [0, 0.1) is 0 Å². The van der Waals surface area contributed by atoms with Crippen molar-refractivity contribution in [3.05, 3.63) is 48.7 Å². The lowest BCUT2D eigenvalue weighted by Crippen LogP contribution is -2.38. The van der Waals surface area contributed by atoms with Gasteiger partial charge < -0.3 is 19.9 Å². The minimum absolute atomic E-state index is 0.0799. The largest absolute Gasteiger partial charge is 0.474 e. The standard InChI is InChI=1S/C23H27N7O/c1-3-30-10-8-17(9-11-30)31-23-18-7-5-4-6-16(18)12-19(29-23)15(2)28-22-20-21(25-13-24-20)26-14-27-22/h4-7,12-15,17H,3,8-11H2,1-2H3,(H2,24,25,26,27,28). The maximum Gasteiger partial charge on any atom is 0.221 e. The van der Waals surface area contributed by atoms with Crippen molar-refractivity contribution in [2.75, 3.05) is 25.0 Å². The molecule has 0 aliphatic carbocycles. The van der Waals surface area contributed by atoms with E-state index >= 15 is 0 Å². The number of rotatable bonds is 6. The molecule has 1 saturated heterocycles. The van der Waals surface area contributed by atoms with Crippen LogP contribution in [0.15, 0.2) is 43.0 Å². The molecular weight excluding hydrogens is 390 g/mol. The number of aromatic nitrogens is 5. The second kappa shape index (κ2) is 8.47. The minimum atomic E-state index is -0.0799. The number of benzene rings is 1. The van der Waals surface area contributed by atoms with Crippen molar-refractivity contribution in [2.24, 2.45) is 0 Å². The first kappa shape index (κ1) is 19.7. The molecule has 5 rings (SSSR count). The third-order valence-corrected chi connectivity index (χ3v) is 6.00. The fraction of sp³-hybridized carbons (Fsp3) is 0.391.